The monoisotopic (exact) mass is 338 g/mol. The van der Waals surface area contributed by atoms with Gasteiger partial charge in [-0.3, -0.25) is 9.59 Å². The van der Waals surface area contributed by atoms with Gasteiger partial charge in [-0.15, -0.1) is 0 Å². The van der Waals surface area contributed by atoms with E-state index in [-0.39, 0.29) is 17.5 Å². The Hall–Kier alpha value is -3.24. The molecule has 5 atom stereocenters. The third-order valence-electron chi connectivity index (χ3n) is 6.55. The predicted octanol–water partition coefficient (Wildman–Crippen LogP) is 3.30. The van der Waals surface area contributed by atoms with E-state index >= 15 is 0 Å². The van der Waals surface area contributed by atoms with Crippen LogP contribution in [0.15, 0.2) is 48.5 Å². The lowest BCUT2D eigenvalue weighted by molar-refractivity contribution is 0.0710. The molecular formula is C22H14N2O2. The zero-order chi connectivity index (χ0) is 18.1. The van der Waals surface area contributed by atoms with E-state index in [2.05, 4.69) is 12.1 Å². The highest BCUT2D eigenvalue weighted by Gasteiger charge is 2.70. The molecule has 0 bridgehead atoms. The van der Waals surface area contributed by atoms with Crippen molar-refractivity contribution in [2.75, 3.05) is 0 Å². The smallest absolute Gasteiger partial charge is 0.172 e. The Kier molecular flexibility index (Phi) is 2.83. The Bertz CT molecular complexity index is 1070. The van der Waals surface area contributed by atoms with Crippen molar-refractivity contribution in [3.8, 4) is 12.1 Å². The van der Waals surface area contributed by atoms with Crippen molar-refractivity contribution in [2.24, 2.45) is 23.2 Å². The molecule has 0 heterocycles. The maximum Gasteiger partial charge on any atom is 0.172 e. The summed E-state index contributed by atoms with van der Waals surface area (Å²) in [5, 5.41) is 20.0. The van der Waals surface area contributed by atoms with E-state index in [0.717, 1.165) is 11.1 Å². The Morgan fingerprint density at radius 3 is 2.15 bits per heavy atom. The fourth-order valence-corrected chi connectivity index (χ4v) is 5.56. The maximum atomic E-state index is 13.4. The van der Waals surface area contributed by atoms with Crippen LogP contribution in [0.25, 0.3) is 0 Å². The summed E-state index contributed by atoms with van der Waals surface area (Å²) in [6.45, 7) is 0. The van der Waals surface area contributed by atoms with Crippen molar-refractivity contribution in [3.05, 3.63) is 70.8 Å². The van der Waals surface area contributed by atoms with Crippen molar-refractivity contribution in [2.45, 2.75) is 12.3 Å². The van der Waals surface area contributed by atoms with Crippen LogP contribution in [0.2, 0.25) is 0 Å². The van der Waals surface area contributed by atoms with E-state index in [1.54, 1.807) is 24.3 Å². The number of hydrogen-bond acceptors (Lipinski definition) is 4. The molecule has 0 aliphatic heterocycles. The van der Waals surface area contributed by atoms with Crippen LogP contribution in [-0.4, -0.2) is 11.6 Å². The Morgan fingerprint density at radius 1 is 0.846 bits per heavy atom. The molecule has 2 aromatic carbocycles. The molecule has 5 rings (SSSR count). The van der Waals surface area contributed by atoms with Crippen molar-refractivity contribution >= 4 is 11.6 Å². The van der Waals surface area contributed by atoms with Gasteiger partial charge in [0.15, 0.2) is 11.6 Å². The summed E-state index contributed by atoms with van der Waals surface area (Å²) in [4.78, 5) is 26.5. The number of nitriles is 2. The van der Waals surface area contributed by atoms with E-state index in [1.165, 1.54) is 0 Å². The minimum absolute atomic E-state index is 0.0990. The first-order chi connectivity index (χ1) is 12.6. The van der Waals surface area contributed by atoms with Gasteiger partial charge in [-0.1, -0.05) is 48.5 Å². The van der Waals surface area contributed by atoms with Crippen LogP contribution in [0, 0.1) is 45.8 Å². The van der Waals surface area contributed by atoms with Crippen LogP contribution < -0.4 is 0 Å². The second kappa shape index (κ2) is 4.90. The van der Waals surface area contributed by atoms with E-state index in [9.17, 15) is 20.1 Å². The van der Waals surface area contributed by atoms with Crippen LogP contribution in [0.1, 0.15) is 37.8 Å². The zero-order valence-corrected chi connectivity index (χ0v) is 13.8. The SMILES string of the molecule is N#C[C@@H]1[C@@H]2C(=O)c3ccccc3[C@@H]2[C@@H](C#N)[C@@]12Cc1ccccc1C2=O. The first-order valence-corrected chi connectivity index (χ1v) is 8.70. The fraction of sp³-hybridized carbons (Fsp3) is 0.273. The lowest BCUT2D eigenvalue weighted by Gasteiger charge is -2.30. The number of Topliss-reactive ketones (excluding diaryl/α,β-unsaturated/α-hetero) is 2. The normalized spacial score (nSPS) is 33.5. The summed E-state index contributed by atoms with van der Waals surface area (Å²) in [6.07, 6.45) is 0.362. The molecule has 1 saturated carbocycles. The zero-order valence-electron chi connectivity index (χ0n) is 13.8. The van der Waals surface area contributed by atoms with E-state index < -0.39 is 23.2 Å². The van der Waals surface area contributed by atoms with Crippen LogP contribution in [0.3, 0.4) is 0 Å². The summed E-state index contributed by atoms with van der Waals surface area (Å²) < 4.78 is 0. The average molecular weight is 338 g/mol. The van der Waals surface area contributed by atoms with Gasteiger partial charge in [-0.2, -0.15) is 10.5 Å². The minimum atomic E-state index is -1.12. The number of ketones is 2. The summed E-state index contributed by atoms with van der Waals surface area (Å²) in [6, 6.07) is 19.2. The first-order valence-electron chi connectivity index (χ1n) is 8.70. The molecule has 0 saturated heterocycles. The summed E-state index contributed by atoms with van der Waals surface area (Å²) >= 11 is 0. The standard InChI is InChI=1S/C22H14N2O2/c23-10-16-18-14-7-3-4-8-15(14)20(25)19(18)17(11-24)22(16)9-12-5-1-2-6-13(12)21(22)26/h1-8,16-19H,9H2/t16-,17-,18-,19+,22+/m1/s1. The van der Waals surface area contributed by atoms with Gasteiger partial charge >= 0.3 is 0 Å². The van der Waals surface area contributed by atoms with Gasteiger partial charge < -0.3 is 0 Å². The van der Waals surface area contributed by atoms with Gasteiger partial charge in [0.25, 0.3) is 0 Å². The topological polar surface area (TPSA) is 81.7 Å². The van der Waals surface area contributed by atoms with E-state index in [1.807, 2.05) is 24.3 Å². The van der Waals surface area contributed by atoms with Gasteiger partial charge in [0.2, 0.25) is 0 Å². The maximum absolute atomic E-state index is 13.4. The molecule has 0 N–H and O–H groups in total. The summed E-state index contributed by atoms with van der Waals surface area (Å²) in [5.41, 5.74) is 1.76. The molecule has 0 aromatic heterocycles. The molecule has 1 fully saturated rings. The highest BCUT2D eigenvalue weighted by molar-refractivity contribution is 6.10. The van der Waals surface area contributed by atoms with Crippen molar-refractivity contribution < 1.29 is 9.59 Å². The molecule has 0 amide bonds. The predicted molar refractivity (Wildman–Crippen MR) is 92.1 cm³/mol. The summed E-state index contributed by atoms with van der Waals surface area (Å²) in [5.74, 6) is -2.70. The quantitative estimate of drug-likeness (QED) is 0.738. The van der Waals surface area contributed by atoms with Gasteiger partial charge in [-0.25, -0.2) is 0 Å². The lowest BCUT2D eigenvalue weighted by atomic mass is 9.67. The third kappa shape index (κ3) is 1.49. The molecule has 1 spiro atoms. The number of carbonyl (C=O) groups is 2. The molecule has 2 aromatic rings. The van der Waals surface area contributed by atoms with E-state index in [4.69, 9.17) is 0 Å². The third-order valence-corrected chi connectivity index (χ3v) is 6.55. The summed E-state index contributed by atoms with van der Waals surface area (Å²) in [7, 11) is 0. The van der Waals surface area contributed by atoms with Gasteiger partial charge in [0, 0.05) is 23.0 Å². The van der Waals surface area contributed by atoms with Gasteiger partial charge in [0.1, 0.15) is 0 Å². The van der Waals surface area contributed by atoms with Crippen LogP contribution >= 0.6 is 0 Å². The molecule has 0 radical (unpaired) electrons. The molecule has 26 heavy (non-hydrogen) atoms. The van der Waals surface area contributed by atoms with Gasteiger partial charge in [-0.05, 0) is 17.5 Å². The second-order valence-electron chi connectivity index (χ2n) is 7.42. The van der Waals surface area contributed by atoms with E-state index in [0.29, 0.717) is 17.5 Å². The highest BCUT2D eigenvalue weighted by atomic mass is 16.1. The molecular weight excluding hydrogens is 324 g/mol. The van der Waals surface area contributed by atoms with Crippen LogP contribution in [0.4, 0.5) is 0 Å². The average Bonchev–Trinajstić information content (AvgIpc) is 3.23. The largest absolute Gasteiger partial charge is 0.294 e. The number of hydrogen-bond donors (Lipinski definition) is 0. The molecule has 4 nitrogen and oxygen atoms in total. The Labute approximate surface area is 150 Å². The van der Waals surface area contributed by atoms with Crippen LogP contribution in [-0.2, 0) is 6.42 Å². The van der Waals surface area contributed by atoms with Crippen molar-refractivity contribution in [1.82, 2.24) is 0 Å². The fourth-order valence-electron chi connectivity index (χ4n) is 5.56. The Morgan fingerprint density at radius 2 is 1.46 bits per heavy atom. The van der Waals surface area contributed by atoms with Crippen molar-refractivity contribution in [3.63, 3.8) is 0 Å². The van der Waals surface area contributed by atoms with Gasteiger partial charge in [0.05, 0.1) is 29.4 Å². The number of rotatable bonds is 0. The second-order valence-corrected chi connectivity index (χ2v) is 7.42. The number of fused-ring (bicyclic) bond motifs is 4. The number of carbonyl (C=O) groups excluding carboxylic acids is 2. The molecule has 0 unspecified atom stereocenters. The first kappa shape index (κ1) is 15.0. The number of benzene rings is 2. The molecule has 3 aliphatic rings. The molecule has 3 aliphatic carbocycles. The lowest BCUT2D eigenvalue weighted by Crippen LogP contribution is -2.40. The molecule has 124 valence electrons. The number of nitrogens with zero attached hydrogens (tertiary/aromatic N) is 2. The van der Waals surface area contributed by atoms with Crippen molar-refractivity contribution in [1.29, 1.82) is 10.5 Å². The van der Waals surface area contributed by atoms with Crippen LogP contribution in [0.5, 0.6) is 0 Å². The Balaban J connectivity index is 1.76. The molecule has 4 heteroatoms. The highest BCUT2D eigenvalue weighted by Crippen LogP contribution is 2.65. The minimum Gasteiger partial charge on any atom is -0.294 e.